The minimum atomic E-state index is -0.522. The maximum Gasteiger partial charge on any atom is 0.306 e. The topological polar surface area (TPSA) is 55.8 Å². The van der Waals surface area contributed by atoms with Crippen molar-refractivity contribution in [2.45, 2.75) is 206 Å². The van der Waals surface area contributed by atoms with Gasteiger partial charge in [0.05, 0.1) is 13.2 Å². The molecule has 0 heterocycles. The van der Waals surface area contributed by atoms with Gasteiger partial charge in [-0.15, -0.1) is 0 Å². The summed E-state index contributed by atoms with van der Waals surface area (Å²) in [4.78, 5) is 12.0. The predicted molar refractivity (Wildman–Crippen MR) is 173 cm³/mol. The van der Waals surface area contributed by atoms with E-state index in [9.17, 15) is 9.90 Å². The summed E-state index contributed by atoms with van der Waals surface area (Å²) in [5.74, 6) is -0.200. The van der Waals surface area contributed by atoms with Crippen molar-refractivity contribution < 1.29 is 19.4 Å². The highest BCUT2D eigenvalue weighted by Gasteiger charge is 2.13. The van der Waals surface area contributed by atoms with Gasteiger partial charge in [-0.25, -0.2) is 0 Å². The van der Waals surface area contributed by atoms with Crippen LogP contribution in [0.15, 0.2) is 0 Å². The van der Waals surface area contributed by atoms with Crippen LogP contribution in [0.1, 0.15) is 200 Å². The van der Waals surface area contributed by atoms with Crippen LogP contribution in [0.25, 0.3) is 0 Å². The molecule has 1 atom stereocenters. The molecule has 0 rings (SSSR count). The predicted octanol–water partition coefficient (Wildman–Crippen LogP) is 11.3. The highest BCUT2D eigenvalue weighted by atomic mass is 16.6. The van der Waals surface area contributed by atoms with Gasteiger partial charge in [-0.05, 0) is 12.8 Å². The molecule has 0 radical (unpaired) electrons. The van der Waals surface area contributed by atoms with Gasteiger partial charge in [-0.2, -0.15) is 0 Å². The van der Waals surface area contributed by atoms with Crippen molar-refractivity contribution in [2.24, 2.45) is 0 Å². The van der Waals surface area contributed by atoms with Crippen LogP contribution < -0.4 is 0 Å². The first-order valence-corrected chi connectivity index (χ1v) is 18.1. The summed E-state index contributed by atoms with van der Waals surface area (Å²) in [6.45, 7) is 5.36. The van der Waals surface area contributed by atoms with Crippen molar-refractivity contribution in [1.29, 1.82) is 0 Å². The fourth-order valence-electron chi connectivity index (χ4n) is 5.45. The zero-order chi connectivity index (χ0) is 29.2. The highest BCUT2D eigenvalue weighted by molar-refractivity contribution is 5.69. The Balaban J connectivity index is 3.33. The van der Waals surface area contributed by atoms with E-state index in [0.717, 1.165) is 19.3 Å². The lowest BCUT2D eigenvalue weighted by Crippen LogP contribution is -2.27. The molecular formula is C36H72O4. The van der Waals surface area contributed by atoms with Crippen LogP contribution in [0.5, 0.6) is 0 Å². The molecule has 0 aliphatic rings. The molecule has 0 fully saturated rings. The van der Waals surface area contributed by atoms with Crippen LogP contribution in [0, 0.1) is 0 Å². The van der Waals surface area contributed by atoms with E-state index in [0.29, 0.717) is 19.6 Å². The second-order valence-electron chi connectivity index (χ2n) is 12.3. The van der Waals surface area contributed by atoms with Crippen molar-refractivity contribution in [3.05, 3.63) is 0 Å². The zero-order valence-corrected chi connectivity index (χ0v) is 27.4. The van der Waals surface area contributed by atoms with Crippen molar-refractivity contribution in [3.8, 4) is 0 Å². The largest absolute Gasteiger partial charge is 0.457 e. The first-order chi connectivity index (χ1) is 19.7. The maximum atomic E-state index is 12.0. The van der Waals surface area contributed by atoms with Crippen LogP contribution in [-0.2, 0) is 14.3 Å². The standard InChI is InChI=1S/C36H72O4/c1-3-5-7-9-11-13-14-15-16-17-18-19-20-21-22-24-26-28-30-32-39-34-35(33-37)40-36(38)31-29-27-25-23-12-10-8-6-4-2/h35,37H,3-34H2,1-2H3. The van der Waals surface area contributed by atoms with E-state index in [1.54, 1.807) is 0 Å². The molecule has 0 aliphatic carbocycles. The minimum Gasteiger partial charge on any atom is -0.457 e. The van der Waals surface area contributed by atoms with Gasteiger partial charge in [-0.3, -0.25) is 4.79 Å². The van der Waals surface area contributed by atoms with Crippen molar-refractivity contribution in [3.63, 3.8) is 0 Å². The first-order valence-electron chi connectivity index (χ1n) is 18.1. The van der Waals surface area contributed by atoms with E-state index < -0.39 is 6.10 Å². The molecule has 0 bridgehead atoms. The summed E-state index contributed by atoms with van der Waals surface area (Å²) in [7, 11) is 0. The number of hydrogen-bond donors (Lipinski definition) is 1. The average molecular weight is 569 g/mol. The fourth-order valence-corrected chi connectivity index (χ4v) is 5.45. The highest BCUT2D eigenvalue weighted by Crippen LogP contribution is 2.15. The van der Waals surface area contributed by atoms with Crippen molar-refractivity contribution in [2.75, 3.05) is 19.8 Å². The Bertz CT molecular complexity index is 481. The zero-order valence-electron chi connectivity index (χ0n) is 27.4. The Hall–Kier alpha value is -0.610. The van der Waals surface area contributed by atoms with E-state index in [2.05, 4.69) is 13.8 Å². The van der Waals surface area contributed by atoms with Gasteiger partial charge < -0.3 is 14.6 Å². The Morgan fingerprint density at radius 3 is 1.18 bits per heavy atom. The van der Waals surface area contributed by atoms with Gasteiger partial charge in [0.2, 0.25) is 0 Å². The summed E-state index contributed by atoms with van der Waals surface area (Å²) in [5, 5.41) is 9.51. The Morgan fingerprint density at radius 1 is 0.500 bits per heavy atom. The smallest absolute Gasteiger partial charge is 0.306 e. The lowest BCUT2D eigenvalue weighted by Gasteiger charge is -2.16. The monoisotopic (exact) mass is 569 g/mol. The molecule has 0 aliphatic heterocycles. The van der Waals surface area contributed by atoms with Crippen molar-refractivity contribution in [1.82, 2.24) is 0 Å². The summed E-state index contributed by atoms with van der Waals surface area (Å²) < 4.78 is 11.1. The molecule has 1 unspecified atom stereocenters. The maximum absolute atomic E-state index is 12.0. The average Bonchev–Trinajstić information content (AvgIpc) is 2.96. The van der Waals surface area contributed by atoms with Gasteiger partial charge >= 0.3 is 5.97 Å². The van der Waals surface area contributed by atoms with Crippen LogP contribution in [-0.4, -0.2) is 37.0 Å². The number of rotatable bonds is 34. The molecule has 0 aromatic carbocycles. The summed E-state index contributed by atoms with van der Waals surface area (Å²) >= 11 is 0. The molecule has 0 saturated carbocycles. The quantitative estimate of drug-likeness (QED) is 0.0619. The van der Waals surface area contributed by atoms with Crippen LogP contribution >= 0.6 is 0 Å². The molecular weight excluding hydrogens is 496 g/mol. The number of hydrogen-bond acceptors (Lipinski definition) is 4. The Kier molecular flexibility index (Phi) is 34.1. The van der Waals surface area contributed by atoms with Crippen LogP contribution in [0.4, 0.5) is 0 Å². The molecule has 0 aromatic rings. The molecule has 0 aromatic heterocycles. The van der Waals surface area contributed by atoms with E-state index in [1.807, 2.05) is 0 Å². The minimum absolute atomic E-state index is 0.164. The van der Waals surface area contributed by atoms with Gasteiger partial charge in [0.15, 0.2) is 0 Å². The number of ether oxygens (including phenoxy) is 2. The third-order valence-electron chi connectivity index (χ3n) is 8.18. The number of aliphatic hydroxyl groups excluding tert-OH is 1. The fraction of sp³-hybridized carbons (Fsp3) is 0.972. The SMILES string of the molecule is CCCCCCCCCCCCCCCCCCCCCOCC(CO)OC(=O)CCCCCCCCCCC. The molecule has 40 heavy (non-hydrogen) atoms. The molecule has 240 valence electrons. The third kappa shape index (κ3) is 31.9. The molecule has 0 saturated heterocycles. The van der Waals surface area contributed by atoms with Crippen molar-refractivity contribution >= 4 is 5.97 Å². The summed E-state index contributed by atoms with van der Waals surface area (Å²) in [6, 6.07) is 0. The number of unbranched alkanes of at least 4 members (excludes halogenated alkanes) is 26. The lowest BCUT2D eigenvalue weighted by molar-refractivity contribution is -0.154. The normalized spacial score (nSPS) is 12.2. The van der Waals surface area contributed by atoms with E-state index >= 15 is 0 Å². The lowest BCUT2D eigenvalue weighted by atomic mass is 10.0. The van der Waals surface area contributed by atoms with Gasteiger partial charge in [0, 0.05) is 13.0 Å². The molecule has 4 nitrogen and oxygen atoms in total. The molecule has 4 heteroatoms. The summed E-state index contributed by atoms with van der Waals surface area (Å²) in [5.41, 5.74) is 0. The molecule has 0 spiro atoms. The van der Waals surface area contributed by atoms with Gasteiger partial charge in [0.25, 0.3) is 0 Å². The van der Waals surface area contributed by atoms with E-state index in [-0.39, 0.29) is 12.6 Å². The number of carbonyl (C=O) groups excluding carboxylic acids is 1. The Morgan fingerprint density at radius 2 is 0.825 bits per heavy atom. The first kappa shape index (κ1) is 39.4. The second kappa shape index (κ2) is 34.6. The number of aliphatic hydroxyl groups is 1. The molecule has 0 amide bonds. The number of carbonyl (C=O) groups is 1. The second-order valence-corrected chi connectivity index (χ2v) is 12.3. The van der Waals surface area contributed by atoms with E-state index in [1.165, 1.54) is 161 Å². The Labute approximate surface area is 251 Å². The van der Waals surface area contributed by atoms with Crippen LogP contribution in [0.3, 0.4) is 0 Å². The van der Waals surface area contributed by atoms with Crippen LogP contribution in [0.2, 0.25) is 0 Å². The number of esters is 1. The molecule has 1 N–H and O–H groups in total. The summed E-state index contributed by atoms with van der Waals surface area (Å²) in [6.07, 6.45) is 37.2. The third-order valence-corrected chi connectivity index (χ3v) is 8.18. The van der Waals surface area contributed by atoms with Gasteiger partial charge in [-0.1, -0.05) is 181 Å². The van der Waals surface area contributed by atoms with E-state index in [4.69, 9.17) is 9.47 Å². The van der Waals surface area contributed by atoms with Gasteiger partial charge in [0.1, 0.15) is 6.10 Å².